The summed E-state index contributed by atoms with van der Waals surface area (Å²) in [6.45, 7) is 5.51. The summed E-state index contributed by atoms with van der Waals surface area (Å²) < 4.78 is 22.2. The summed E-state index contributed by atoms with van der Waals surface area (Å²) in [5, 5.41) is 11.1. The zero-order valence-corrected chi connectivity index (χ0v) is 24.0. The molecule has 6 rings (SSSR count). The van der Waals surface area contributed by atoms with Gasteiger partial charge in [0.15, 0.2) is 10.9 Å². The van der Waals surface area contributed by atoms with Crippen molar-refractivity contribution in [1.29, 1.82) is 0 Å². The molecule has 4 aromatic carbocycles. The quantitative estimate of drug-likeness (QED) is 0.237. The lowest BCUT2D eigenvalue weighted by molar-refractivity contribution is 0.400. The first-order valence-electron chi connectivity index (χ1n) is 13.3. The summed E-state index contributed by atoms with van der Waals surface area (Å²) in [6, 6.07) is 25.3. The van der Waals surface area contributed by atoms with Crippen LogP contribution in [-0.2, 0) is 0 Å². The minimum Gasteiger partial charge on any atom is -0.507 e. The highest BCUT2D eigenvalue weighted by Crippen LogP contribution is 2.39. The maximum absolute atomic E-state index is 12.5. The van der Waals surface area contributed by atoms with Gasteiger partial charge in [0, 0.05) is 34.4 Å². The number of rotatable bonds is 4. The van der Waals surface area contributed by atoms with Gasteiger partial charge in [-0.2, -0.15) is 0 Å². The zero-order chi connectivity index (χ0) is 30.0. The summed E-state index contributed by atoms with van der Waals surface area (Å²) in [5.74, 6) is 2.16. The summed E-state index contributed by atoms with van der Waals surface area (Å²) in [6.07, 6.45) is 0. The highest BCUT2D eigenvalue weighted by atomic mass is 16.5. The number of hydrogen-bond acceptors (Lipinski definition) is 7. The number of ether oxygens (including phenoxy) is 2. The minimum atomic E-state index is -0.298. The van der Waals surface area contributed by atoms with Gasteiger partial charge in [0.2, 0.25) is 0 Å². The van der Waals surface area contributed by atoms with Gasteiger partial charge in [-0.05, 0) is 62.7 Å². The van der Waals surface area contributed by atoms with Crippen LogP contribution < -0.4 is 20.3 Å². The van der Waals surface area contributed by atoms with Crippen LogP contribution in [0.5, 0.6) is 17.2 Å². The molecule has 0 aliphatic heterocycles. The number of methoxy groups -OCH3 is 2. The standard InChI is InChI=1S/C19H18O5.C16H12O2/c1-10-17(21)16-14(20)9-15(12-5-7-13(22-3)8-6-12)24-19(16)11(2)18(10)23-4;1-11-6-2-3-7-12(11)16-10-14(17)13-8-4-5-9-15(13)18-16/h5-9,21H,1-4H3;2-10H,1H3. The van der Waals surface area contributed by atoms with Crippen LogP contribution in [0, 0.1) is 20.8 Å². The SMILES string of the molecule is COc1ccc(-c2cc(=O)c3c(O)c(C)c(OC)c(C)c3o2)cc1.Cc1ccccc1-c1cc(=O)c2ccccc2o1. The summed E-state index contributed by atoms with van der Waals surface area (Å²) in [4.78, 5) is 24.6. The van der Waals surface area contributed by atoms with Gasteiger partial charge in [-0.1, -0.05) is 36.4 Å². The Morgan fingerprint density at radius 2 is 1.36 bits per heavy atom. The van der Waals surface area contributed by atoms with Crippen LogP contribution in [0.2, 0.25) is 0 Å². The van der Waals surface area contributed by atoms with Gasteiger partial charge in [0.1, 0.15) is 45.3 Å². The van der Waals surface area contributed by atoms with Gasteiger partial charge < -0.3 is 23.4 Å². The van der Waals surface area contributed by atoms with E-state index in [0.717, 1.165) is 16.7 Å². The van der Waals surface area contributed by atoms with Crippen molar-refractivity contribution in [3.63, 3.8) is 0 Å². The monoisotopic (exact) mass is 562 g/mol. The Hall–Kier alpha value is -5.30. The number of phenolic OH excluding ortho intramolecular Hbond substituents is 1. The molecule has 0 atom stereocenters. The average Bonchev–Trinajstić information content (AvgIpc) is 3.00. The fourth-order valence-corrected chi connectivity index (χ4v) is 4.95. The highest BCUT2D eigenvalue weighted by Gasteiger charge is 2.20. The van der Waals surface area contributed by atoms with E-state index in [1.807, 2.05) is 61.5 Å². The number of fused-ring (bicyclic) bond motifs is 2. The van der Waals surface area contributed by atoms with E-state index in [1.54, 1.807) is 45.2 Å². The van der Waals surface area contributed by atoms with Crippen LogP contribution in [0.25, 0.3) is 44.6 Å². The molecule has 0 saturated carbocycles. The number of benzene rings is 4. The second kappa shape index (κ2) is 11.7. The highest BCUT2D eigenvalue weighted by molar-refractivity contribution is 5.91. The van der Waals surface area contributed by atoms with Gasteiger partial charge in [0.05, 0.1) is 19.6 Å². The van der Waals surface area contributed by atoms with Gasteiger partial charge in [-0.3, -0.25) is 9.59 Å². The number of aryl methyl sites for hydroxylation is 2. The molecular weight excluding hydrogens is 532 g/mol. The maximum Gasteiger partial charge on any atom is 0.197 e. The molecule has 2 heterocycles. The molecule has 0 unspecified atom stereocenters. The van der Waals surface area contributed by atoms with E-state index >= 15 is 0 Å². The Morgan fingerprint density at radius 1 is 0.690 bits per heavy atom. The molecule has 0 radical (unpaired) electrons. The molecule has 0 fully saturated rings. The smallest absolute Gasteiger partial charge is 0.197 e. The molecule has 7 nitrogen and oxygen atoms in total. The summed E-state index contributed by atoms with van der Waals surface area (Å²) in [5.41, 5.74) is 4.65. The van der Waals surface area contributed by atoms with E-state index in [-0.39, 0.29) is 22.0 Å². The van der Waals surface area contributed by atoms with E-state index in [1.165, 1.54) is 13.2 Å². The third-order valence-corrected chi connectivity index (χ3v) is 7.19. The van der Waals surface area contributed by atoms with E-state index in [0.29, 0.717) is 50.7 Å². The molecule has 6 aromatic rings. The predicted octanol–water partition coefficient (Wildman–Crippen LogP) is 7.57. The lowest BCUT2D eigenvalue weighted by Crippen LogP contribution is -2.04. The van der Waals surface area contributed by atoms with Crippen molar-refractivity contribution in [2.75, 3.05) is 14.2 Å². The van der Waals surface area contributed by atoms with Crippen LogP contribution in [-0.4, -0.2) is 19.3 Å². The van der Waals surface area contributed by atoms with Crippen LogP contribution >= 0.6 is 0 Å². The van der Waals surface area contributed by atoms with Crippen molar-refractivity contribution in [2.45, 2.75) is 20.8 Å². The van der Waals surface area contributed by atoms with Gasteiger partial charge >= 0.3 is 0 Å². The van der Waals surface area contributed by atoms with E-state index in [2.05, 4.69) is 0 Å². The first-order chi connectivity index (χ1) is 20.2. The normalized spacial score (nSPS) is 10.8. The number of aromatic hydroxyl groups is 1. The fraction of sp³-hybridized carbons (Fsp3) is 0.143. The van der Waals surface area contributed by atoms with E-state index < -0.39 is 0 Å². The maximum atomic E-state index is 12.5. The third-order valence-electron chi connectivity index (χ3n) is 7.19. The number of phenols is 1. The Kier molecular flexibility index (Phi) is 7.84. The molecule has 42 heavy (non-hydrogen) atoms. The topological polar surface area (TPSA) is 99.1 Å². The first kappa shape index (κ1) is 28.2. The Bertz CT molecular complexity index is 2030. The molecule has 7 heteroatoms. The van der Waals surface area contributed by atoms with Crippen molar-refractivity contribution in [1.82, 2.24) is 0 Å². The van der Waals surface area contributed by atoms with Gasteiger partial charge in [-0.25, -0.2) is 0 Å². The lowest BCUT2D eigenvalue weighted by atomic mass is 10.0. The molecule has 0 bridgehead atoms. The van der Waals surface area contributed by atoms with Crippen LogP contribution in [0.15, 0.2) is 103 Å². The van der Waals surface area contributed by atoms with Crippen molar-refractivity contribution < 1.29 is 23.4 Å². The van der Waals surface area contributed by atoms with Gasteiger partial charge in [0.25, 0.3) is 0 Å². The van der Waals surface area contributed by atoms with Crippen molar-refractivity contribution in [3.8, 4) is 39.9 Å². The number of hydrogen-bond donors (Lipinski definition) is 1. The van der Waals surface area contributed by atoms with E-state index in [9.17, 15) is 14.7 Å². The average molecular weight is 563 g/mol. The molecule has 1 N–H and O–H groups in total. The lowest BCUT2D eigenvalue weighted by Gasteiger charge is -2.14. The largest absolute Gasteiger partial charge is 0.507 e. The van der Waals surface area contributed by atoms with Crippen LogP contribution in [0.3, 0.4) is 0 Å². The molecule has 0 aliphatic rings. The van der Waals surface area contributed by atoms with Gasteiger partial charge in [-0.15, -0.1) is 0 Å². The second-order valence-electron chi connectivity index (χ2n) is 9.83. The fourth-order valence-electron chi connectivity index (χ4n) is 4.95. The predicted molar refractivity (Wildman–Crippen MR) is 165 cm³/mol. The molecular formula is C35H30O7. The first-order valence-corrected chi connectivity index (χ1v) is 13.3. The molecule has 212 valence electrons. The zero-order valence-electron chi connectivity index (χ0n) is 24.0. The van der Waals surface area contributed by atoms with Crippen molar-refractivity contribution >= 4 is 21.9 Å². The minimum absolute atomic E-state index is 0.00453. The van der Waals surface area contributed by atoms with Crippen LogP contribution in [0.4, 0.5) is 0 Å². The molecule has 2 aromatic heterocycles. The molecule has 0 amide bonds. The molecule has 0 spiro atoms. The molecule has 0 saturated heterocycles. The van der Waals surface area contributed by atoms with Crippen molar-refractivity contribution in [2.24, 2.45) is 0 Å². The summed E-state index contributed by atoms with van der Waals surface area (Å²) in [7, 11) is 3.11. The number of para-hydroxylation sites is 1. The van der Waals surface area contributed by atoms with Crippen molar-refractivity contribution in [3.05, 3.63) is 122 Å². The Labute approximate surface area is 242 Å². The Balaban J connectivity index is 0.000000175. The van der Waals surface area contributed by atoms with Crippen LogP contribution in [0.1, 0.15) is 16.7 Å². The summed E-state index contributed by atoms with van der Waals surface area (Å²) >= 11 is 0. The molecule has 0 aliphatic carbocycles. The second-order valence-corrected chi connectivity index (χ2v) is 9.83. The van der Waals surface area contributed by atoms with E-state index in [4.69, 9.17) is 18.3 Å². The third kappa shape index (κ3) is 5.24. The Morgan fingerprint density at radius 3 is 2.05 bits per heavy atom.